The van der Waals surface area contributed by atoms with Crippen LogP contribution < -0.4 is 9.47 Å². The monoisotopic (exact) mass is 387 g/mol. The van der Waals surface area contributed by atoms with Gasteiger partial charge in [0.25, 0.3) is 0 Å². The van der Waals surface area contributed by atoms with Gasteiger partial charge >= 0.3 is 0 Å². The second-order valence-electron chi connectivity index (χ2n) is 6.95. The van der Waals surface area contributed by atoms with E-state index in [0.29, 0.717) is 23.7 Å². The highest BCUT2D eigenvalue weighted by Gasteiger charge is 2.20. The Hall–Kier alpha value is -2.14. The number of rotatable bonds is 6. The van der Waals surface area contributed by atoms with E-state index in [2.05, 4.69) is 11.8 Å². The third-order valence-corrected chi connectivity index (χ3v) is 5.40. The molecule has 3 nitrogen and oxygen atoms in total. The lowest BCUT2D eigenvalue weighted by atomic mass is 9.99. The highest BCUT2D eigenvalue weighted by atomic mass is 32.1. The summed E-state index contributed by atoms with van der Waals surface area (Å²) in [5, 5.41) is 0. The second-order valence-corrected chi connectivity index (χ2v) is 7.34. The van der Waals surface area contributed by atoms with Gasteiger partial charge in [0.15, 0.2) is 11.5 Å². The molecule has 0 spiro atoms. The third-order valence-electron chi connectivity index (χ3n) is 4.90. The first kappa shape index (κ1) is 19.6. The Bertz CT molecular complexity index is 788. The van der Waals surface area contributed by atoms with Crippen molar-refractivity contribution in [3.63, 3.8) is 0 Å². The maximum Gasteiger partial charge on any atom is 0.161 e. The topological polar surface area (TPSA) is 21.7 Å². The van der Waals surface area contributed by atoms with Crippen molar-refractivity contribution in [1.82, 2.24) is 4.90 Å². The van der Waals surface area contributed by atoms with Crippen LogP contribution in [0, 0.1) is 11.7 Å². The molecule has 0 N–H and O–H groups in total. The maximum atomic E-state index is 13.8. The van der Waals surface area contributed by atoms with Crippen LogP contribution >= 0.6 is 12.2 Å². The molecule has 1 aliphatic heterocycles. The summed E-state index contributed by atoms with van der Waals surface area (Å²) < 4.78 is 25.4. The van der Waals surface area contributed by atoms with E-state index < -0.39 is 0 Å². The van der Waals surface area contributed by atoms with E-state index in [4.69, 9.17) is 21.7 Å². The smallest absolute Gasteiger partial charge is 0.161 e. The number of hydrogen-bond donors (Lipinski definition) is 0. The fourth-order valence-electron chi connectivity index (χ4n) is 3.19. The number of piperidine rings is 1. The van der Waals surface area contributed by atoms with E-state index in [1.165, 1.54) is 18.9 Å². The Morgan fingerprint density at radius 3 is 2.56 bits per heavy atom. The highest BCUT2D eigenvalue weighted by molar-refractivity contribution is 7.80. The highest BCUT2D eigenvalue weighted by Crippen LogP contribution is 2.31. The number of nitrogens with zero attached hydrogens (tertiary/aromatic N) is 1. The molecule has 0 aromatic heterocycles. The average molecular weight is 388 g/mol. The number of hydrogen-bond acceptors (Lipinski definition) is 3. The summed E-state index contributed by atoms with van der Waals surface area (Å²) in [6, 6.07) is 12.4. The van der Waals surface area contributed by atoms with Crippen LogP contribution in [0.25, 0.3) is 0 Å². The molecule has 0 unspecified atom stereocenters. The summed E-state index contributed by atoms with van der Waals surface area (Å²) in [6.45, 7) is 6.88. The van der Waals surface area contributed by atoms with Crippen molar-refractivity contribution in [2.24, 2.45) is 5.92 Å². The van der Waals surface area contributed by atoms with Gasteiger partial charge in [0, 0.05) is 24.2 Å². The van der Waals surface area contributed by atoms with Gasteiger partial charge in [-0.15, -0.1) is 0 Å². The van der Waals surface area contributed by atoms with Crippen LogP contribution in [0.3, 0.4) is 0 Å². The molecule has 1 fully saturated rings. The predicted octanol–water partition coefficient (Wildman–Crippen LogP) is 5.21. The zero-order valence-corrected chi connectivity index (χ0v) is 16.7. The molecule has 3 rings (SSSR count). The van der Waals surface area contributed by atoms with Crippen molar-refractivity contribution in [1.29, 1.82) is 0 Å². The first-order chi connectivity index (χ1) is 13.1. The van der Waals surface area contributed by atoms with Gasteiger partial charge in [-0.25, -0.2) is 4.39 Å². The molecule has 2 aromatic carbocycles. The molecule has 5 heteroatoms. The number of thiocarbonyl (C=S) groups is 1. The Labute approximate surface area is 166 Å². The van der Waals surface area contributed by atoms with Gasteiger partial charge in [0.2, 0.25) is 0 Å². The van der Waals surface area contributed by atoms with Crippen molar-refractivity contribution < 1.29 is 13.9 Å². The Morgan fingerprint density at radius 2 is 1.85 bits per heavy atom. The zero-order chi connectivity index (χ0) is 19.2. The molecule has 27 heavy (non-hydrogen) atoms. The Kier molecular flexibility index (Phi) is 6.67. The summed E-state index contributed by atoms with van der Waals surface area (Å²) in [5.74, 6) is 1.72. The molecule has 144 valence electrons. The summed E-state index contributed by atoms with van der Waals surface area (Å²) in [5.41, 5.74) is 1.48. The van der Waals surface area contributed by atoms with E-state index in [0.717, 1.165) is 29.6 Å². The van der Waals surface area contributed by atoms with E-state index in [1.54, 1.807) is 18.2 Å². The first-order valence-electron chi connectivity index (χ1n) is 9.50. The summed E-state index contributed by atoms with van der Waals surface area (Å²) >= 11 is 5.70. The summed E-state index contributed by atoms with van der Waals surface area (Å²) in [4.78, 5) is 3.11. The van der Waals surface area contributed by atoms with E-state index in [9.17, 15) is 4.39 Å². The lowest BCUT2D eigenvalue weighted by Gasteiger charge is -2.32. The summed E-state index contributed by atoms with van der Waals surface area (Å²) in [6.07, 6.45) is 2.34. The number of ether oxygens (including phenoxy) is 2. The molecule has 0 atom stereocenters. The van der Waals surface area contributed by atoms with Crippen molar-refractivity contribution in [3.8, 4) is 11.5 Å². The van der Waals surface area contributed by atoms with Crippen LogP contribution in [-0.4, -0.2) is 29.6 Å². The van der Waals surface area contributed by atoms with Gasteiger partial charge in [0.1, 0.15) is 17.4 Å². The molecule has 0 amide bonds. The quantitative estimate of drug-likeness (QED) is 0.634. The fraction of sp³-hybridized carbons (Fsp3) is 0.409. The van der Waals surface area contributed by atoms with E-state index in [-0.39, 0.29) is 12.4 Å². The lowest BCUT2D eigenvalue weighted by Crippen LogP contribution is -2.37. The molecule has 1 saturated heterocycles. The van der Waals surface area contributed by atoms with Gasteiger partial charge in [-0.05, 0) is 49.9 Å². The molecule has 0 aliphatic carbocycles. The minimum absolute atomic E-state index is 0.153. The molecule has 0 bridgehead atoms. The van der Waals surface area contributed by atoms with Crippen LogP contribution in [0.4, 0.5) is 4.39 Å². The first-order valence-corrected chi connectivity index (χ1v) is 9.91. The number of benzene rings is 2. The number of halogens is 1. The molecule has 1 heterocycles. The van der Waals surface area contributed by atoms with E-state index in [1.807, 2.05) is 25.1 Å². The minimum Gasteiger partial charge on any atom is -0.490 e. The minimum atomic E-state index is -0.271. The Balaban J connectivity index is 1.74. The number of likely N-dealkylation sites (tertiary alicyclic amines) is 1. The largest absolute Gasteiger partial charge is 0.490 e. The fourth-order valence-corrected chi connectivity index (χ4v) is 3.50. The SMILES string of the molecule is CCOc1cc(C(=S)N2CCC(C)CC2)ccc1OCc1ccccc1F. The zero-order valence-electron chi connectivity index (χ0n) is 15.9. The van der Waals surface area contributed by atoms with Crippen LogP contribution in [0.5, 0.6) is 11.5 Å². The summed E-state index contributed by atoms with van der Waals surface area (Å²) in [7, 11) is 0. The van der Waals surface area contributed by atoms with Crippen LogP contribution in [0.2, 0.25) is 0 Å². The molecule has 0 radical (unpaired) electrons. The van der Waals surface area contributed by atoms with Crippen LogP contribution in [-0.2, 0) is 6.61 Å². The molecule has 0 saturated carbocycles. The molecule has 1 aliphatic rings. The molecule has 2 aromatic rings. The maximum absolute atomic E-state index is 13.8. The molecular formula is C22H26FNO2S. The molecular weight excluding hydrogens is 361 g/mol. The lowest BCUT2D eigenvalue weighted by molar-refractivity contribution is 0.265. The predicted molar refractivity (Wildman–Crippen MR) is 110 cm³/mol. The second kappa shape index (κ2) is 9.18. The van der Waals surface area contributed by atoms with Gasteiger partial charge in [0.05, 0.1) is 6.61 Å². The van der Waals surface area contributed by atoms with Crippen molar-refractivity contribution in [2.45, 2.75) is 33.3 Å². The van der Waals surface area contributed by atoms with Crippen molar-refractivity contribution in [3.05, 3.63) is 59.4 Å². The van der Waals surface area contributed by atoms with Crippen LogP contribution in [0.15, 0.2) is 42.5 Å². The van der Waals surface area contributed by atoms with Gasteiger partial charge in [-0.1, -0.05) is 37.3 Å². The van der Waals surface area contributed by atoms with Gasteiger partial charge in [-0.3, -0.25) is 0 Å². The van der Waals surface area contributed by atoms with E-state index >= 15 is 0 Å². The Morgan fingerprint density at radius 1 is 1.11 bits per heavy atom. The van der Waals surface area contributed by atoms with Crippen molar-refractivity contribution in [2.75, 3.05) is 19.7 Å². The third kappa shape index (κ3) is 4.98. The van der Waals surface area contributed by atoms with Crippen LogP contribution in [0.1, 0.15) is 37.8 Å². The van der Waals surface area contributed by atoms with Gasteiger partial charge < -0.3 is 14.4 Å². The normalized spacial score (nSPS) is 14.9. The average Bonchev–Trinajstić information content (AvgIpc) is 2.68. The standard InChI is InChI=1S/C22H26FNO2S/c1-3-25-21-14-17(22(27)24-12-10-16(2)11-13-24)8-9-20(21)26-15-18-6-4-5-7-19(18)23/h4-9,14,16H,3,10-13,15H2,1-2H3. The van der Waals surface area contributed by atoms with Gasteiger partial charge in [-0.2, -0.15) is 0 Å². The van der Waals surface area contributed by atoms with Crippen molar-refractivity contribution >= 4 is 17.2 Å².